The number of nitrogens with one attached hydrogen (secondary N) is 1. The van der Waals surface area contributed by atoms with Crippen LogP contribution in [0.3, 0.4) is 0 Å². The van der Waals surface area contributed by atoms with Crippen molar-refractivity contribution in [3.05, 3.63) is 35.9 Å². The van der Waals surface area contributed by atoms with Gasteiger partial charge in [0.15, 0.2) is 9.84 Å². The van der Waals surface area contributed by atoms with Crippen molar-refractivity contribution in [3.63, 3.8) is 0 Å². The van der Waals surface area contributed by atoms with Crippen LogP contribution in [0, 0.1) is 0 Å². The fourth-order valence-electron chi connectivity index (χ4n) is 3.09. The maximum absolute atomic E-state index is 12.1. The van der Waals surface area contributed by atoms with E-state index in [1.807, 2.05) is 49.3 Å². The summed E-state index contributed by atoms with van der Waals surface area (Å²) in [7, 11) is 0.595. The number of likely N-dealkylation sites (N-methyl/N-ethyl adjacent to an activating group) is 1. The van der Waals surface area contributed by atoms with Gasteiger partial charge in [0.1, 0.15) is 0 Å². The molecule has 164 valence electrons. The number of benzene rings is 1. The lowest BCUT2D eigenvalue weighted by atomic mass is 10.1. The van der Waals surface area contributed by atoms with Crippen LogP contribution in [0.1, 0.15) is 44.1 Å². The fraction of sp³-hybridized carbons (Fsp3) is 0.619. The Kier molecular flexibility index (Phi) is 11.5. The number of hydrogen-bond donors (Lipinski definition) is 2. The molecule has 0 fully saturated rings. The lowest BCUT2D eigenvalue weighted by Gasteiger charge is -2.20. The summed E-state index contributed by atoms with van der Waals surface area (Å²) in [5, 5.41) is 11.7. The van der Waals surface area contributed by atoms with Gasteiger partial charge in [0.2, 0.25) is 5.91 Å². The third-order valence-electron chi connectivity index (χ3n) is 4.53. The van der Waals surface area contributed by atoms with Gasteiger partial charge in [-0.3, -0.25) is 9.59 Å². The average Bonchev–Trinajstić information content (AvgIpc) is 2.62. The van der Waals surface area contributed by atoms with Gasteiger partial charge in [-0.15, -0.1) is 0 Å². The Morgan fingerprint density at radius 3 is 2.31 bits per heavy atom. The summed E-state index contributed by atoms with van der Waals surface area (Å²) in [5.41, 5.74) is 1.03. The maximum atomic E-state index is 12.1. The van der Waals surface area contributed by atoms with E-state index in [-0.39, 0.29) is 23.8 Å². The van der Waals surface area contributed by atoms with Crippen molar-refractivity contribution in [3.8, 4) is 0 Å². The van der Waals surface area contributed by atoms with Crippen LogP contribution < -0.4 is 5.32 Å². The van der Waals surface area contributed by atoms with Gasteiger partial charge in [-0.1, -0.05) is 43.2 Å². The summed E-state index contributed by atoms with van der Waals surface area (Å²) in [6, 6.07) is 9.17. The second-order valence-electron chi connectivity index (χ2n) is 7.68. The zero-order valence-corrected chi connectivity index (χ0v) is 18.3. The molecule has 0 aliphatic heterocycles. The zero-order valence-electron chi connectivity index (χ0n) is 17.5. The van der Waals surface area contributed by atoms with E-state index in [2.05, 4.69) is 5.32 Å². The fourth-order valence-corrected chi connectivity index (χ4v) is 4.49. The number of carbonyl (C=O) groups excluding carboxylic acids is 1. The summed E-state index contributed by atoms with van der Waals surface area (Å²) in [5.74, 6) is -0.759. The minimum Gasteiger partial charge on any atom is -0.481 e. The highest BCUT2D eigenvalue weighted by atomic mass is 32.2. The summed E-state index contributed by atoms with van der Waals surface area (Å²) in [6.07, 6.45) is 3.55. The zero-order chi connectivity index (χ0) is 21.7. The van der Waals surface area contributed by atoms with E-state index in [4.69, 9.17) is 5.11 Å². The number of hydrogen-bond acceptors (Lipinski definition) is 5. The average molecular weight is 427 g/mol. The third-order valence-corrected chi connectivity index (χ3v) is 6.26. The monoisotopic (exact) mass is 426 g/mol. The van der Waals surface area contributed by atoms with Crippen LogP contribution in [0.5, 0.6) is 0 Å². The lowest BCUT2D eigenvalue weighted by Crippen LogP contribution is -2.42. The van der Waals surface area contributed by atoms with Gasteiger partial charge in [-0.25, -0.2) is 8.42 Å². The molecule has 1 amide bonds. The number of rotatable bonds is 15. The van der Waals surface area contributed by atoms with E-state index in [0.29, 0.717) is 32.2 Å². The summed E-state index contributed by atoms with van der Waals surface area (Å²) in [4.78, 5) is 24.7. The van der Waals surface area contributed by atoms with Crippen molar-refractivity contribution in [1.82, 2.24) is 10.2 Å². The number of carboxylic acids is 1. The molecule has 1 unspecified atom stereocenters. The molecule has 0 heterocycles. The molecule has 1 aromatic rings. The number of amides is 1. The molecule has 1 rings (SSSR count). The highest BCUT2D eigenvalue weighted by molar-refractivity contribution is 7.91. The molecule has 0 bridgehead atoms. The topological polar surface area (TPSA) is 104 Å². The van der Waals surface area contributed by atoms with Crippen molar-refractivity contribution in [2.45, 2.75) is 51.0 Å². The highest BCUT2D eigenvalue weighted by Gasteiger charge is 2.16. The van der Waals surface area contributed by atoms with Gasteiger partial charge in [-0.2, -0.15) is 0 Å². The Morgan fingerprint density at radius 1 is 1.03 bits per heavy atom. The van der Waals surface area contributed by atoms with Gasteiger partial charge in [0.05, 0.1) is 24.0 Å². The molecule has 0 saturated heterocycles. The van der Waals surface area contributed by atoms with E-state index in [1.165, 1.54) is 0 Å². The lowest BCUT2D eigenvalue weighted by molar-refractivity contribution is -0.137. The van der Waals surface area contributed by atoms with Crippen molar-refractivity contribution in [2.75, 3.05) is 32.1 Å². The molecule has 0 radical (unpaired) electrons. The van der Waals surface area contributed by atoms with Crippen molar-refractivity contribution in [1.29, 1.82) is 0 Å². The van der Waals surface area contributed by atoms with E-state index >= 15 is 0 Å². The largest absolute Gasteiger partial charge is 0.481 e. The molecule has 2 N–H and O–H groups in total. The quantitative estimate of drug-likeness (QED) is 0.416. The third kappa shape index (κ3) is 13.0. The molecule has 29 heavy (non-hydrogen) atoms. The normalized spacial score (nSPS) is 12.7. The van der Waals surface area contributed by atoms with E-state index < -0.39 is 21.8 Å². The number of carboxylic acid groups (broad SMARTS) is 1. The van der Waals surface area contributed by atoms with E-state index in [0.717, 1.165) is 18.4 Å². The molecule has 0 spiro atoms. The van der Waals surface area contributed by atoms with Gasteiger partial charge >= 0.3 is 5.97 Å². The van der Waals surface area contributed by atoms with Gasteiger partial charge in [0.25, 0.3) is 0 Å². The van der Waals surface area contributed by atoms with E-state index in [9.17, 15) is 18.0 Å². The van der Waals surface area contributed by atoms with Crippen LogP contribution in [0.25, 0.3) is 0 Å². The first-order valence-corrected chi connectivity index (χ1v) is 11.9. The first kappa shape index (κ1) is 25.1. The van der Waals surface area contributed by atoms with Crippen molar-refractivity contribution >= 4 is 21.7 Å². The molecule has 0 aromatic heterocycles. The maximum Gasteiger partial charge on any atom is 0.305 e. The Hall–Kier alpha value is -1.93. The number of aryl methyl sites for hydroxylation is 1. The van der Waals surface area contributed by atoms with Crippen LogP contribution in [0.4, 0.5) is 0 Å². The summed E-state index contributed by atoms with van der Waals surface area (Å²) < 4.78 is 24.3. The van der Waals surface area contributed by atoms with Crippen LogP contribution in [0.2, 0.25) is 0 Å². The van der Waals surface area contributed by atoms with Crippen LogP contribution in [-0.4, -0.2) is 68.5 Å². The molecular formula is C21H34N2O5S. The van der Waals surface area contributed by atoms with Gasteiger partial charge < -0.3 is 15.3 Å². The Balaban J connectivity index is 2.18. The summed E-state index contributed by atoms with van der Waals surface area (Å²) in [6.45, 7) is 0.471. The number of aliphatic carboxylic acids is 1. The summed E-state index contributed by atoms with van der Waals surface area (Å²) >= 11 is 0. The van der Waals surface area contributed by atoms with Crippen molar-refractivity contribution in [2.24, 2.45) is 0 Å². The molecule has 8 heteroatoms. The minimum atomic E-state index is -3.06. The first-order valence-electron chi connectivity index (χ1n) is 10.1. The molecule has 7 nitrogen and oxygen atoms in total. The molecule has 1 atom stereocenters. The smallest absolute Gasteiger partial charge is 0.305 e. The SMILES string of the molecule is CN(C)CC(CC(=O)O)NC(=O)CCCCCCS(=O)(=O)CCc1ccccc1. The second kappa shape index (κ2) is 13.3. The minimum absolute atomic E-state index is 0.106. The second-order valence-corrected chi connectivity index (χ2v) is 9.98. The molecular weight excluding hydrogens is 392 g/mol. The number of sulfone groups is 1. The highest BCUT2D eigenvalue weighted by Crippen LogP contribution is 2.08. The molecule has 0 saturated carbocycles. The molecule has 1 aromatic carbocycles. The molecule has 0 aliphatic carbocycles. The Bertz CT molecular complexity index is 720. The number of nitrogens with zero attached hydrogens (tertiary/aromatic N) is 1. The van der Waals surface area contributed by atoms with Crippen LogP contribution >= 0.6 is 0 Å². The molecule has 0 aliphatic rings. The standard InChI is InChI=1S/C21H34N2O5S/c1-23(2)17-19(16-21(25)26)22-20(24)12-8-3-4-9-14-29(27,28)15-13-18-10-6-5-7-11-18/h5-7,10-11,19H,3-4,8-9,12-17H2,1-2H3,(H,22,24)(H,25,26). The Labute approximate surface area is 174 Å². The van der Waals surface area contributed by atoms with Crippen LogP contribution in [0.15, 0.2) is 30.3 Å². The number of carbonyl (C=O) groups is 2. The Morgan fingerprint density at radius 2 is 1.69 bits per heavy atom. The van der Waals surface area contributed by atoms with E-state index in [1.54, 1.807) is 0 Å². The van der Waals surface area contributed by atoms with Crippen LogP contribution in [-0.2, 0) is 25.8 Å². The van der Waals surface area contributed by atoms with Gasteiger partial charge in [-0.05, 0) is 38.9 Å². The predicted octanol–water partition coefficient (Wildman–Crippen LogP) is 2.12. The van der Waals surface area contributed by atoms with Crippen molar-refractivity contribution < 1.29 is 23.1 Å². The first-order chi connectivity index (χ1) is 13.7. The van der Waals surface area contributed by atoms with Gasteiger partial charge in [0, 0.05) is 13.0 Å². The predicted molar refractivity (Wildman–Crippen MR) is 115 cm³/mol. The number of unbranched alkanes of at least 4 members (excludes halogenated alkanes) is 3.